The van der Waals surface area contributed by atoms with E-state index in [1.807, 2.05) is 23.1 Å². The zero-order chi connectivity index (χ0) is 17.2. The number of ether oxygens (including phenoxy) is 1. The van der Waals surface area contributed by atoms with Gasteiger partial charge in [-0.2, -0.15) is 0 Å². The van der Waals surface area contributed by atoms with Crippen LogP contribution >= 0.6 is 0 Å². The van der Waals surface area contributed by atoms with Crippen LogP contribution in [0.3, 0.4) is 0 Å². The zero-order valence-electron chi connectivity index (χ0n) is 14.2. The number of carbonyl (C=O) groups is 1. The number of aromatic amines is 1. The summed E-state index contributed by atoms with van der Waals surface area (Å²) in [7, 11) is 0. The minimum atomic E-state index is -0.0867. The van der Waals surface area contributed by atoms with E-state index in [-0.39, 0.29) is 23.6 Å². The van der Waals surface area contributed by atoms with E-state index in [1.165, 1.54) is 0 Å². The number of likely N-dealkylation sites (tertiary alicyclic amines) is 1. The molecule has 0 radical (unpaired) electrons. The summed E-state index contributed by atoms with van der Waals surface area (Å²) in [4.78, 5) is 28.8. The maximum Gasteiger partial charge on any atom is 0.255 e. The Kier molecular flexibility index (Phi) is 4.44. The summed E-state index contributed by atoms with van der Waals surface area (Å²) in [5.74, 6) is 1.02. The number of nitrogens with one attached hydrogen (secondary N) is 2. The smallest absolute Gasteiger partial charge is 0.255 e. The lowest BCUT2D eigenvalue weighted by Gasteiger charge is -2.33. The van der Waals surface area contributed by atoms with E-state index in [0.717, 1.165) is 56.5 Å². The Labute approximate surface area is 146 Å². The molecule has 1 unspecified atom stereocenters. The molecule has 2 aliphatic rings. The van der Waals surface area contributed by atoms with E-state index in [1.54, 1.807) is 12.3 Å². The van der Waals surface area contributed by atoms with Crippen LogP contribution in [0.1, 0.15) is 25.7 Å². The van der Waals surface area contributed by atoms with E-state index >= 15 is 0 Å². The standard InChI is InChI=1S/C19H23N3O3/c23-18-16-4-3-15(12-13(16)5-9-21-18)25-14-6-10-22(11-7-14)19(24)17-2-1-8-20-17/h3-5,9,12,14,17,20H,1-2,6-8,10-11H2,(H,21,23). The molecule has 4 rings (SSSR count). The number of hydrogen-bond acceptors (Lipinski definition) is 4. The molecule has 0 aliphatic carbocycles. The molecule has 2 N–H and O–H groups in total. The monoisotopic (exact) mass is 341 g/mol. The maximum atomic E-state index is 12.4. The third-order valence-electron chi connectivity index (χ3n) is 5.16. The number of carbonyl (C=O) groups excluding carboxylic acids is 1. The summed E-state index contributed by atoms with van der Waals surface area (Å²) < 4.78 is 6.09. The van der Waals surface area contributed by atoms with Crippen molar-refractivity contribution in [3.05, 3.63) is 40.8 Å². The first kappa shape index (κ1) is 16.1. The second kappa shape index (κ2) is 6.88. The molecule has 2 saturated heterocycles. The van der Waals surface area contributed by atoms with Crippen LogP contribution in [-0.2, 0) is 4.79 Å². The molecule has 2 aromatic rings. The molecule has 132 valence electrons. The quantitative estimate of drug-likeness (QED) is 0.890. The van der Waals surface area contributed by atoms with Crippen molar-refractivity contribution >= 4 is 16.7 Å². The van der Waals surface area contributed by atoms with Crippen molar-refractivity contribution in [3.8, 4) is 5.75 Å². The fourth-order valence-corrected chi connectivity index (χ4v) is 3.75. The number of benzene rings is 1. The van der Waals surface area contributed by atoms with E-state index in [4.69, 9.17) is 4.74 Å². The summed E-state index contributed by atoms with van der Waals surface area (Å²) in [5.41, 5.74) is -0.0867. The lowest BCUT2D eigenvalue weighted by Crippen LogP contribution is -2.48. The van der Waals surface area contributed by atoms with Gasteiger partial charge in [-0.15, -0.1) is 0 Å². The number of rotatable bonds is 3. The van der Waals surface area contributed by atoms with Crippen molar-refractivity contribution in [2.24, 2.45) is 0 Å². The van der Waals surface area contributed by atoms with Crippen molar-refractivity contribution in [1.29, 1.82) is 0 Å². The highest BCUT2D eigenvalue weighted by Crippen LogP contribution is 2.23. The van der Waals surface area contributed by atoms with Crippen molar-refractivity contribution in [1.82, 2.24) is 15.2 Å². The van der Waals surface area contributed by atoms with Gasteiger partial charge in [0.1, 0.15) is 11.9 Å². The lowest BCUT2D eigenvalue weighted by molar-refractivity contribution is -0.134. The SMILES string of the molecule is O=C(C1CCCN1)N1CCC(Oc2ccc3c(=O)[nH]ccc3c2)CC1. The molecule has 6 nitrogen and oxygen atoms in total. The minimum Gasteiger partial charge on any atom is -0.490 e. The van der Waals surface area contributed by atoms with Crippen molar-refractivity contribution in [3.63, 3.8) is 0 Å². The van der Waals surface area contributed by atoms with Gasteiger partial charge in [-0.3, -0.25) is 9.59 Å². The summed E-state index contributed by atoms with van der Waals surface area (Å²) in [6.07, 6.45) is 5.47. The van der Waals surface area contributed by atoms with Crippen LogP contribution in [-0.4, -0.2) is 47.6 Å². The summed E-state index contributed by atoms with van der Waals surface area (Å²) >= 11 is 0. The highest BCUT2D eigenvalue weighted by Gasteiger charge is 2.30. The van der Waals surface area contributed by atoms with Gasteiger partial charge in [-0.05, 0) is 49.0 Å². The number of aromatic nitrogens is 1. The predicted octanol–water partition coefficient (Wildman–Crippen LogP) is 1.65. The number of amides is 1. The second-order valence-corrected chi connectivity index (χ2v) is 6.85. The predicted molar refractivity (Wildman–Crippen MR) is 95.8 cm³/mol. The Morgan fingerprint density at radius 1 is 1.16 bits per heavy atom. The van der Waals surface area contributed by atoms with Gasteiger partial charge < -0.3 is 19.9 Å². The van der Waals surface area contributed by atoms with Gasteiger partial charge in [0.05, 0.1) is 6.04 Å². The first-order valence-corrected chi connectivity index (χ1v) is 9.01. The Bertz CT molecular complexity index is 818. The fraction of sp³-hybridized carbons (Fsp3) is 0.474. The lowest BCUT2D eigenvalue weighted by atomic mass is 10.1. The van der Waals surface area contributed by atoms with Gasteiger partial charge in [-0.1, -0.05) is 0 Å². The third-order valence-corrected chi connectivity index (χ3v) is 5.16. The molecule has 0 bridgehead atoms. The maximum absolute atomic E-state index is 12.4. The molecule has 0 saturated carbocycles. The Morgan fingerprint density at radius 3 is 2.76 bits per heavy atom. The third kappa shape index (κ3) is 3.39. The number of pyridine rings is 1. The van der Waals surface area contributed by atoms with Gasteiger partial charge in [0, 0.05) is 37.5 Å². The van der Waals surface area contributed by atoms with Crippen molar-refractivity contribution in [2.45, 2.75) is 37.8 Å². The molecule has 2 fully saturated rings. The summed E-state index contributed by atoms with van der Waals surface area (Å²) in [6, 6.07) is 7.44. The molecule has 2 aliphatic heterocycles. The van der Waals surface area contributed by atoms with E-state index < -0.39 is 0 Å². The highest BCUT2D eigenvalue weighted by atomic mass is 16.5. The van der Waals surface area contributed by atoms with Crippen LogP contribution in [0.4, 0.5) is 0 Å². The molecular formula is C19H23N3O3. The number of hydrogen-bond donors (Lipinski definition) is 2. The molecule has 0 spiro atoms. The molecule has 1 atom stereocenters. The van der Waals surface area contributed by atoms with Gasteiger partial charge in [0.15, 0.2) is 0 Å². The number of piperidine rings is 1. The van der Waals surface area contributed by atoms with Crippen LogP contribution in [0.2, 0.25) is 0 Å². The van der Waals surface area contributed by atoms with Crippen molar-refractivity contribution in [2.75, 3.05) is 19.6 Å². The topological polar surface area (TPSA) is 74.4 Å². The van der Waals surface area contributed by atoms with Crippen LogP contribution in [0.25, 0.3) is 10.8 Å². The molecule has 1 aromatic heterocycles. The zero-order valence-corrected chi connectivity index (χ0v) is 14.2. The molecule has 25 heavy (non-hydrogen) atoms. The van der Waals surface area contributed by atoms with Crippen LogP contribution in [0.5, 0.6) is 5.75 Å². The Balaban J connectivity index is 1.37. The summed E-state index contributed by atoms with van der Waals surface area (Å²) in [6.45, 7) is 2.44. The van der Waals surface area contributed by atoms with Crippen LogP contribution in [0.15, 0.2) is 35.3 Å². The van der Waals surface area contributed by atoms with Gasteiger partial charge in [-0.25, -0.2) is 0 Å². The first-order valence-electron chi connectivity index (χ1n) is 9.01. The van der Waals surface area contributed by atoms with Crippen LogP contribution < -0.4 is 15.6 Å². The second-order valence-electron chi connectivity index (χ2n) is 6.85. The molecule has 1 aromatic carbocycles. The largest absolute Gasteiger partial charge is 0.490 e. The molecular weight excluding hydrogens is 318 g/mol. The van der Waals surface area contributed by atoms with Gasteiger partial charge in [0.2, 0.25) is 5.91 Å². The molecule has 1 amide bonds. The Hall–Kier alpha value is -2.34. The average Bonchev–Trinajstić information content (AvgIpc) is 3.17. The Morgan fingerprint density at radius 2 is 2.00 bits per heavy atom. The van der Waals surface area contributed by atoms with E-state index in [2.05, 4.69) is 10.3 Å². The normalized spacial score (nSPS) is 21.6. The average molecular weight is 341 g/mol. The van der Waals surface area contributed by atoms with E-state index in [9.17, 15) is 9.59 Å². The summed E-state index contributed by atoms with van der Waals surface area (Å²) in [5, 5.41) is 4.82. The number of fused-ring (bicyclic) bond motifs is 1. The number of nitrogens with zero attached hydrogens (tertiary/aromatic N) is 1. The van der Waals surface area contributed by atoms with Crippen LogP contribution in [0, 0.1) is 0 Å². The van der Waals surface area contributed by atoms with Gasteiger partial charge >= 0.3 is 0 Å². The van der Waals surface area contributed by atoms with Gasteiger partial charge in [0.25, 0.3) is 5.56 Å². The number of H-pyrrole nitrogens is 1. The van der Waals surface area contributed by atoms with Crippen molar-refractivity contribution < 1.29 is 9.53 Å². The highest BCUT2D eigenvalue weighted by molar-refractivity contribution is 5.83. The first-order chi connectivity index (χ1) is 12.2. The molecule has 3 heterocycles. The minimum absolute atomic E-state index is 0.0102. The van der Waals surface area contributed by atoms with E-state index in [0.29, 0.717) is 5.39 Å². The fourth-order valence-electron chi connectivity index (χ4n) is 3.75. The molecule has 6 heteroatoms.